The number of rotatable bonds is 10. The highest BCUT2D eigenvalue weighted by Gasteiger charge is 2.58. The van der Waals surface area contributed by atoms with Crippen molar-refractivity contribution in [3.05, 3.63) is 76.3 Å². The van der Waals surface area contributed by atoms with Gasteiger partial charge in [0.05, 0.1) is 26.0 Å². The van der Waals surface area contributed by atoms with Crippen molar-refractivity contribution in [2.45, 2.75) is 68.2 Å². The van der Waals surface area contributed by atoms with Gasteiger partial charge in [-0.25, -0.2) is 12.7 Å². The summed E-state index contributed by atoms with van der Waals surface area (Å²) in [5.41, 5.74) is -0.609. The predicted octanol–water partition coefficient (Wildman–Crippen LogP) is 6.38. The number of carbonyl (C=O) groups excluding carboxylic acids is 2. The number of amides is 2. The maximum atomic E-state index is 15.3. The third kappa shape index (κ3) is 6.73. The first kappa shape index (κ1) is 36.8. The Hall–Kier alpha value is -4.01. The Balaban J connectivity index is 1.53. The van der Waals surface area contributed by atoms with E-state index < -0.39 is 50.4 Å². The molecular weight excluding hydrogens is 713 g/mol. The lowest BCUT2D eigenvalue weighted by Gasteiger charge is -2.41. The molecule has 274 valence electrons. The van der Waals surface area contributed by atoms with Crippen molar-refractivity contribution in [2.24, 2.45) is 11.8 Å². The van der Waals surface area contributed by atoms with Crippen LogP contribution in [0, 0.1) is 18.8 Å². The molecule has 2 unspecified atom stereocenters. The van der Waals surface area contributed by atoms with Crippen LogP contribution >= 0.6 is 11.6 Å². The first-order valence-corrected chi connectivity index (χ1v) is 18.4. The number of carbonyl (C=O) groups is 2. The van der Waals surface area contributed by atoms with Crippen molar-refractivity contribution in [2.75, 3.05) is 31.6 Å². The lowest BCUT2D eigenvalue weighted by atomic mass is 9.67. The average molecular weight is 751 g/mol. The van der Waals surface area contributed by atoms with E-state index in [0.29, 0.717) is 35.8 Å². The van der Waals surface area contributed by atoms with E-state index in [4.69, 9.17) is 21.1 Å². The number of aliphatic hydroxyl groups excluding tert-OH is 1. The summed E-state index contributed by atoms with van der Waals surface area (Å²) in [4.78, 5) is 29.7. The van der Waals surface area contributed by atoms with Crippen LogP contribution in [0.25, 0.3) is 0 Å². The number of likely N-dealkylation sites (tertiary alicyclic amines) is 1. The van der Waals surface area contributed by atoms with Gasteiger partial charge in [0.1, 0.15) is 21.8 Å². The van der Waals surface area contributed by atoms with Crippen LogP contribution in [0.2, 0.25) is 5.02 Å². The number of methoxy groups -OCH3 is 2. The zero-order valence-electron chi connectivity index (χ0n) is 28.2. The van der Waals surface area contributed by atoms with Crippen LogP contribution < -0.4 is 18.5 Å². The number of anilines is 1. The van der Waals surface area contributed by atoms with Crippen molar-refractivity contribution in [1.29, 1.82) is 0 Å². The maximum absolute atomic E-state index is 15.3. The topological polar surface area (TPSA) is 123 Å². The molecule has 1 N–H and O–H groups in total. The fraction of sp³-hybridized carbons (Fsp3) is 0.444. The van der Waals surface area contributed by atoms with E-state index in [1.807, 2.05) is 0 Å². The number of ether oxygens (including phenoxy) is 3. The van der Waals surface area contributed by atoms with E-state index in [-0.39, 0.29) is 58.9 Å². The molecule has 0 bridgehead atoms. The number of sulfonamides is 1. The van der Waals surface area contributed by atoms with E-state index in [1.54, 1.807) is 30.0 Å². The number of nitrogens with zero attached hydrogens (tertiary/aromatic N) is 2. The minimum Gasteiger partial charge on any atom is -0.497 e. The number of alkyl halides is 3. The van der Waals surface area contributed by atoms with Crippen LogP contribution in [-0.2, 0) is 25.0 Å². The zero-order chi connectivity index (χ0) is 36.9. The molecule has 1 aliphatic carbocycles. The number of aliphatic hydroxyl groups is 1. The summed E-state index contributed by atoms with van der Waals surface area (Å²) >= 11 is 6.54. The second kappa shape index (κ2) is 13.8. The molecular formula is C36H38ClF3N2O8S. The van der Waals surface area contributed by atoms with Gasteiger partial charge < -0.3 is 24.2 Å². The highest BCUT2D eigenvalue weighted by atomic mass is 35.5. The molecule has 3 aromatic rings. The minimum absolute atomic E-state index is 0.00985. The molecule has 0 spiro atoms. The van der Waals surface area contributed by atoms with Gasteiger partial charge in [0.2, 0.25) is 5.91 Å². The fourth-order valence-electron chi connectivity index (χ4n) is 7.62. The van der Waals surface area contributed by atoms with Gasteiger partial charge in [0.15, 0.2) is 5.75 Å². The molecule has 4 atom stereocenters. The first-order chi connectivity index (χ1) is 24.1. The van der Waals surface area contributed by atoms with Crippen molar-refractivity contribution in [3.8, 4) is 17.2 Å². The predicted molar refractivity (Wildman–Crippen MR) is 182 cm³/mol. The van der Waals surface area contributed by atoms with Crippen LogP contribution in [0.3, 0.4) is 0 Å². The lowest BCUT2D eigenvalue weighted by molar-refractivity contribution is -0.275. The third-order valence-electron chi connectivity index (χ3n) is 10.2. The Labute approximate surface area is 299 Å². The summed E-state index contributed by atoms with van der Waals surface area (Å²) in [6.07, 6.45) is -3.57. The van der Waals surface area contributed by atoms with Crippen LogP contribution in [-0.4, -0.2) is 70.0 Å². The molecule has 15 heteroatoms. The molecule has 3 aliphatic rings. The number of aryl methyl sites for hydroxylation is 1. The van der Waals surface area contributed by atoms with Gasteiger partial charge in [-0.15, -0.1) is 13.2 Å². The zero-order valence-corrected chi connectivity index (χ0v) is 29.8. The van der Waals surface area contributed by atoms with E-state index in [2.05, 4.69) is 4.74 Å². The van der Waals surface area contributed by atoms with E-state index in [9.17, 15) is 31.5 Å². The number of benzene rings is 3. The molecule has 2 aliphatic heterocycles. The number of hydrogen-bond donors (Lipinski definition) is 1. The van der Waals surface area contributed by atoms with E-state index >= 15 is 4.79 Å². The van der Waals surface area contributed by atoms with Gasteiger partial charge in [-0.2, -0.15) is 0 Å². The third-order valence-corrected chi connectivity index (χ3v) is 12.2. The fourth-order valence-corrected chi connectivity index (χ4v) is 9.37. The van der Waals surface area contributed by atoms with Gasteiger partial charge in [-0.1, -0.05) is 29.3 Å². The van der Waals surface area contributed by atoms with Gasteiger partial charge in [0, 0.05) is 35.7 Å². The molecule has 10 nitrogen and oxygen atoms in total. The first-order valence-electron chi connectivity index (χ1n) is 16.6. The summed E-state index contributed by atoms with van der Waals surface area (Å²) in [6.45, 7) is 3.06. The van der Waals surface area contributed by atoms with Gasteiger partial charge in [-0.3, -0.25) is 9.59 Å². The van der Waals surface area contributed by atoms with Crippen molar-refractivity contribution in [3.63, 3.8) is 0 Å². The molecule has 2 heterocycles. The van der Waals surface area contributed by atoms with Crippen molar-refractivity contribution >= 4 is 39.1 Å². The Bertz CT molecular complexity index is 1950. The van der Waals surface area contributed by atoms with Crippen LogP contribution in [0.1, 0.15) is 55.2 Å². The number of fused-ring (bicyclic) bond motifs is 1. The molecule has 0 aromatic heterocycles. The molecule has 2 fully saturated rings. The maximum Gasteiger partial charge on any atom is 0.573 e. The summed E-state index contributed by atoms with van der Waals surface area (Å²) in [5, 5.41) is 10.8. The molecule has 6 rings (SSSR count). The van der Waals surface area contributed by atoms with Gasteiger partial charge in [0.25, 0.3) is 15.9 Å². The Morgan fingerprint density at radius 3 is 2.39 bits per heavy atom. The second-order valence-corrected chi connectivity index (χ2v) is 15.4. The standard InChI is InChI=1S/C36H38ClF3N2O8S/c1-21-5-11-30(49-3)28(17-21)35(14-13-22-6-8-24(43)19-26(22)33(44)41-15-4-16-41)27-18-23(37)7-10-29(27)42(34(35)45)51(46,47)32-12-9-25(48-2)20-31(32)50-36(38,39)40/h5,7,9-12,17-18,20,22,24,26,43H,4,6,8,13-16,19H2,1-3H3/t22?,24-,26+,35?/m0/s1. The molecule has 3 aromatic carbocycles. The smallest absolute Gasteiger partial charge is 0.497 e. The SMILES string of the molecule is COc1ccc(S(=O)(=O)N2C(=O)C(CCC3CC[C@H](O)C[C@H]3C(=O)N3CCC3)(c3cc(C)ccc3OC)c3cc(Cl)ccc32)c(OC(F)(F)F)c1. The summed E-state index contributed by atoms with van der Waals surface area (Å²) < 4.78 is 85.5. The summed E-state index contributed by atoms with van der Waals surface area (Å²) in [7, 11) is -2.50. The van der Waals surface area contributed by atoms with Gasteiger partial charge in [-0.05, 0) is 93.3 Å². The van der Waals surface area contributed by atoms with Crippen LogP contribution in [0.15, 0.2) is 59.5 Å². The molecule has 1 saturated carbocycles. The Morgan fingerprint density at radius 2 is 1.75 bits per heavy atom. The molecule has 2 amide bonds. The van der Waals surface area contributed by atoms with Crippen LogP contribution in [0.4, 0.5) is 18.9 Å². The van der Waals surface area contributed by atoms with Crippen LogP contribution in [0.5, 0.6) is 17.2 Å². The number of hydrogen-bond acceptors (Lipinski definition) is 8. The Kier molecular flexibility index (Phi) is 9.98. The quantitative estimate of drug-likeness (QED) is 0.254. The normalized spacial score (nSPS) is 23.5. The minimum atomic E-state index is -5.27. The van der Waals surface area contributed by atoms with E-state index in [0.717, 1.165) is 30.2 Å². The summed E-state index contributed by atoms with van der Waals surface area (Å²) in [6, 6.07) is 12.2. The highest BCUT2D eigenvalue weighted by molar-refractivity contribution is 7.93. The highest BCUT2D eigenvalue weighted by Crippen LogP contribution is 2.55. The molecule has 51 heavy (non-hydrogen) atoms. The van der Waals surface area contributed by atoms with E-state index in [1.165, 1.54) is 32.4 Å². The molecule has 0 radical (unpaired) electrons. The monoisotopic (exact) mass is 750 g/mol. The number of halogens is 4. The average Bonchev–Trinajstić information content (AvgIpc) is 3.30. The van der Waals surface area contributed by atoms with Crippen molar-refractivity contribution < 1.29 is 50.5 Å². The molecule has 1 saturated heterocycles. The summed E-state index contributed by atoms with van der Waals surface area (Å²) in [5.74, 6) is -2.70. The Morgan fingerprint density at radius 1 is 1.00 bits per heavy atom. The largest absolute Gasteiger partial charge is 0.573 e. The lowest BCUT2D eigenvalue weighted by Crippen LogP contribution is -2.49. The van der Waals surface area contributed by atoms with Gasteiger partial charge >= 0.3 is 6.36 Å². The second-order valence-electron chi connectivity index (χ2n) is 13.3. The van der Waals surface area contributed by atoms with Crippen molar-refractivity contribution in [1.82, 2.24) is 4.90 Å².